The molecule has 166 valence electrons. The molecule has 0 bridgehead atoms. The fraction of sp³-hybridized carbons (Fsp3) is 0.200. The van der Waals surface area contributed by atoms with Crippen molar-refractivity contribution in [2.75, 3.05) is 6.54 Å². The van der Waals surface area contributed by atoms with E-state index in [0.717, 1.165) is 45.5 Å². The molecule has 4 aromatic rings. The highest BCUT2D eigenvalue weighted by atomic mass is 79.9. The van der Waals surface area contributed by atoms with Crippen LogP contribution in [0.1, 0.15) is 30.3 Å². The molecule has 1 aliphatic heterocycles. The van der Waals surface area contributed by atoms with Crippen LogP contribution < -0.4 is 0 Å². The van der Waals surface area contributed by atoms with Crippen molar-refractivity contribution in [3.8, 4) is 22.6 Å². The Kier molecular flexibility index (Phi) is 6.17. The van der Waals surface area contributed by atoms with Crippen LogP contribution in [0, 0.1) is 0 Å². The highest BCUT2D eigenvalue weighted by Gasteiger charge is 2.33. The minimum Gasteiger partial charge on any atom is -0.445 e. The van der Waals surface area contributed by atoms with Gasteiger partial charge in [0.25, 0.3) is 0 Å². The van der Waals surface area contributed by atoms with Gasteiger partial charge in [0, 0.05) is 24.5 Å². The van der Waals surface area contributed by atoms with Gasteiger partial charge >= 0.3 is 6.09 Å². The summed E-state index contributed by atoms with van der Waals surface area (Å²) in [6, 6.07) is 17.6. The molecule has 2 aromatic heterocycles. The number of H-pyrrole nitrogens is 1. The number of carbonyl (C=O) groups excluding carboxylic acids is 1. The molecule has 1 unspecified atom stereocenters. The molecular formula is C25H22BrN5O2. The maximum Gasteiger partial charge on any atom is 0.410 e. The first-order valence-corrected chi connectivity index (χ1v) is 11.6. The molecule has 7 nitrogen and oxygen atoms in total. The van der Waals surface area contributed by atoms with Gasteiger partial charge in [-0.25, -0.2) is 19.7 Å². The van der Waals surface area contributed by atoms with Crippen LogP contribution in [0.4, 0.5) is 4.79 Å². The Morgan fingerprint density at radius 2 is 1.73 bits per heavy atom. The van der Waals surface area contributed by atoms with E-state index in [-0.39, 0.29) is 18.7 Å². The standard InChI is InChI=1S/C25H22BrN5O2/c26-20-13-27-23(28-14-20)19-10-8-18(9-11-19)21-15-29-24(30-21)22-7-4-12-31(22)25(32)33-16-17-5-2-1-3-6-17/h1-3,5-6,8-11,13-15,22H,4,7,12,16H2,(H,29,30). The van der Waals surface area contributed by atoms with Gasteiger partial charge in [0.1, 0.15) is 12.4 Å². The Bertz CT molecular complexity index is 1230. The van der Waals surface area contributed by atoms with Gasteiger partial charge < -0.3 is 9.72 Å². The number of hydrogen-bond acceptors (Lipinski definition) is 5. The van der Waals surface area contributed by atoms with E-state index in [1.807, 2.05) is 60.8 Å². The molecule has 1 amide bonds. The van der Waals surface area contributed by atoms with E-state index in [9.17, 15) is 4.79 Å². The van der Waals surface area contributed by atoms with Crippen LogP contribution in [0.5, 0.6) is 0 Å². The van der Waals surface area contributed by atoms with E-state index in [2.05, 4.69) is 35.9 Å². The number of carbonyl (C=O) groups is 1. The molecule has 1 saturated heterocycles. The van der Waals surface area contributed by atoms with E-state index < -0.39 is 0 Å². The Labute approximate surface area is 200 Å². The number of nitrogens with zero attached hydrogens (tertiary/aromatic N) is 4. The molecular weight excluding hydrogens is 482 g/mol. The van der Waals surface area contributed by atoms with Crippen LogP contribution in [-0.4, -0.2) is 37.5 Å². The van der Waals surface area contributed by atoms with Crippen LogP contribution in [-0.2, 0) is 11.3 Å². The van der Waals surface area contributed by atoms with Gasteiger partial charge in [0.15, 0.2) is 5.82 Å². The van der Waals surface area contributed by atoms with Crippen LogP contribution >= 0.6 is 15.9 Å². The molecule has 0 radical (unpaired) electrons. The normalized spacial score (nSPS) is 15.5. The first kappa shape index (κ1) is 21.3. The van der Waals surface area contributed by atoms with Crippen LogP contribution in [0.15, 0.2) is 77.7 Å². The van der Waals surface area contributed by atoms with Crippen LogP contribution in [0.2, 0.25) is 0 Å². The summed E-state index contributed by atoms with van der Waals surface area (Å²) in [5.41, 5.74) is 3.82. The second-order valence-corrected chi connectivity index (χ2v) is 8.79. The summed E-state index contributed by atoms with van der Waals surface area (Å²) in [6.45, 7) is 0.928. The highest BCUT2D eigenvalue weighted by Crippen LogP contribution is 2.32. The topological polar surface area (TPSA) is 84.0 Å². The molecule has 5 rings (SSSR count). The van der Waals surface area contributed by atoms with Gasteiger partial charge in [-0.3, -0.25) is 4.90 Å². The fourth-order valence-electron chi connectivity index (χ4n) is 3.98. The van der Waals surface area contributed by atoms with Crippen molar-refractivity contribution in [2.45, 2.75) is 25.5 Å². The molecule has 0 spiro atoms. The lowest BCUT2D eigenvalue weighted by molar-refractivity contribution is 0.0910. The largest absolute Gasteiger partial charge is 0.445 e. The van der Waals surface area contributed by atoms with Crippen molar-refractivity contribution >= 4 is 22.0 Å². The quantitative estimate of drug-likeness (QED) is 0.373. The molecule has 0 saturated carbocycles. The third-order valence-corrected chi connectivity index (χ3v) is 6.09. The van der Waals surface area contributed by atoms with E-state index in [0.29, 0.717) is 12.4 Å². The van der Waals surface area contributed by atoms with Crippen LogP contribution in [0.25, 0.3) is 22.6 Å². The SMILES string of the molecule is O=C(OCc1ccccc1)N1CCCC1c1ncc(-c2ccc(-c3ncc(Br)cn3)cc2)[nH]1. The third-order valence-electron chi connectivity index (χ3n) is 5.68. The smallest absolute Gasteiger partial charge is 0.410 e. The first-order chi connectivity index (χ1) is 16.2. The van der Waals surface area contributed by atoms with E-state index in [1.54, 1.807) is 17.3 Å². The number of benzene rings is 2. The zero-order chi connectivity index (χ0) is 22.6. The minimum atomic E-state index is -0.307. The predicted molar refractivity (Wildman–Crippen MR) is 128 cm³/mol. The average Bonchev–Trinajstić information content (AvgIpc) is 3.54. The molecule has 33 heavy (non-hydrogen) atoms. The van der Waals surface area contributed by atoms with Crippen LogP contribution in [0.3, 0.4) is 0 Å². The number of amides is 1. The Morgan fingerprint density at radius 3 is 2.48 bits per heavy atom. The van der Waals surface area contributed by atoms with Crippen molar-refractivity contribution in [3.05, 3.63) is 89.0 Å². The number of likely N-dealkylation sites (tertiary alicyclic amines) is 1. The zero-order valence-corrected chi connectivity index (χ0v) is 19.4. The second-order valence-electron chi connectivity index (χ2n) is 7.88. The second kappa shape index (κ2) is 9.54. The number of nitrogens with one attached hydrogen (secondary N) is 1. The van der Waals surface area contributed by atoms with Crippen molar-refractivity contribution in [1.29, 1.82) is 0 Å². The van der Waals surface area contributed by atoms with Gasteiger partial charge in [-0.15, -0.1) is 0 Å². The van der Waals surface area contributed by atoms with Gasteiger partial charge in [0.2, 0.25) is 0 Å². The monoisotopic (exact) mass is 503 g/mol. The van der Waals surface area contributed by atoms with E-state index in [4.69, 9.17) is 4.74 Å². The summed E-state index contributed by atoms with van der Waals surface area (Å²) >= 11 is 3.35. The molecule has 1 atom stereocenters. The summed E-state index contributed by atoms with van der Waals surface area (Å²) < 4.78 is 6.39. The lowest BCUT2D eigenvalue weighted by Gasteiger charge is -2.22. The maximum absolute atomic E-state index is 12.7. The number of aromatic nitrogens is 4. The molecule has 0 aliphatic carbocycles. The first-order valence-electron chi connectivity index (χ1n) is 10.8. The summed E-state index contributed by atoms with van der Waals surface area (Å²) in [7, 11) is 0. The number of ether oxygens (including phenoxy) is 1. The van der Waals surface area contributed by atoms with Gasteiger partial charge in [-0.2, -0.15) is 0 Å². The van der Waals surface area contributed by atoms with E-state index in [1.165, 1.54) is 0 Å². The Balaban J connectivity index is 1.27. The van der Waals surface area contributed by atoms with Crippen molar-refractivity contribution in [3.63, 3.8) is 0 Å². The number of hydrogen-bond donors (Lipinski definition) is 1. The molecule has 3 heterocycles. The predicted octanol–water partition coefficient (Wildman–Crippen LogP) is 5.77. The number of rotatable bonds is 5. The third kappa shape index (κ3) is 4.80. The number of aromatic amines is 1. The molecule has 1 N–H and O–H groups in total. The van der Waals surface area contributed by atoms with Gasteiger partial charge in [-0.05, 0) is 39.9 Å². The van der Waals surface area contributed by atoms with Gasteiger partial charge in [0.05, 0.1) is 22.4 Å². The summed E-state index contributed by atoms with van der Waals surface area (Å²) in [4.78, 5) is 31.1. The highest BCUT2D eigenvalue weighted by molar-refractivity contribution is 9.10. The molecule has 1 fully saturated rings. The van der Waals surface area contributed by atoms with Crippen molar-refractivity contribution in [1.82, 2.24) is 24.8 Å². The Hall–Kier alpha value is -3.52. The molecule has 8 heteroatoms. The average molecular weight is 504 g/mol. The number of imidazole rings is 1. The lowest BCUT2D eigenvalue weighted by Crippen LogP contribution is -2.31. The van der Waals surface area contributed by atoms with E-state index >= 15 is 0 Å². The number of halogens is 1. The van der Waals surface area contributed by atoms with Crippen molar-refractivity contribution in [2.24, 2.45) is 0 Å². The summed E-state index contributed by atoms with van der Waals surface area (Å²) in [5.74, 6) is 1.45. The molecule has 1 aliphatic rings. The Morgan fingerprint density at radius 1 is 1.00 bits per heavy atom. The summed E-state index contributed by atoms with van der Waals surface area (Å²) in [5, 5.41) is 0. The maximum atomic E-state index is 12.7. The molecule has 2 aromatic carbocycles. The lowest BCUT2D eigenvalue weighted by atomic mass is 10.1. The van der Waals surface area contributed by atoms with Gasteiger partial charge in [-0.1, -0.05) is 54.6 Å². The fourth-order valence-corrected chi connectivity index (χ4v) is 4.19. The summed E-state index contributed by atoms with van der Waals surface area (Å²) in [6.07, 6.45) is 6.74. The zero-order valence-electron chi connectivity index (χ0n) is 17.8. The van der Waals surface area contributed by atoms with Crippen molar-refractivity contribution < 1.29 is 9.53 Å². The minimum absolute atomic E-state index is 0.113.